The van der Waals surface area contributed by atoms with Crippen molar-refractivity contribution in [2.75, 3.05) is 19.0 Å². The molecule has 3 N–H and O–H groups in total. The van der Waals surface area contributed by atoms with Gasteiger partial charge in [-0.25, -0.2) is 4.98 Å². The van der Waals surface area contributed by atoms with E-state index in [0.717, 1.165) is 35.4 Å². The van der Waals surface area contributed by atoms with Gasteiger partial charge >= 0.3 is 0 Å². The van der Waals surface area contributed by atoms with E-state index in [2.05, 4.69) is 10.3 Å². The van der Waals surface area contributed by atoms with Crippen LogP contribution in [-0.4, -0.2) is 36.3 Å². The summed E-state index contributed by atoms with van der Waals surface area (Å²) in [6, 6.07) is 5.66. The molecule has 1 aliphatic carbocycles. The Morgan fingerprint density at radius 2 is 2.28 bits per heavy atom. The summed E-state index contributed by atoms with van der Waals surface area (Å²) in [6.45, 7) is 4.78. The Hall–Kier alpha value is -1.70. The van der Waals surface area contributed by atoms with Crippen molar-refractivity contribution < 1.29 is 14.3 Å². The highest BCUT2D eigenvalue weighted by Crippen LogP contribution is 2.57. The van der Waals surface area contributed by atoms with E-state index in [-0.39, 0.29) is 17.9 Å². The number of carbonyl (C=O) groups is 1. The van der Waals surface area contributed by atoms with Gasteiger partial charge in [-0.3, -0.25) is 4.79 Å². The maximum Gasteiger partial charge on any atom is 0.247 e. The molecule has 1 amide bonds. The van der Waals surface area contributed by atoms with Gasteiger partial charge in [-0.05, 0) is 31.0 Å². The Morgan fingerprint density at radius 1 is 1.48 bits per heavy atom. The largest absolute Gasteiger partial charge is 0.497 e. The molecule has 7 heteroatoms. The van der Waals surface area contributed by atoms with Crippen LogP contribution in [0.15, 0.2) is 18.2 Å². The average Bonchev–Trinajstić information content (AvgIpc) is 3.01. The molecule has 1 aliphatic heterocycles. The lowest BCUT2D eigenvalue weighted by molar-refractivity contribution is -0.222. The number of methoxy groups -OCH3 is 1. The van der Waals surface area contributed by atoms with Gasteiger partial charge in [-0.15, -0.1) is 0 Å². The number of rotatable bonds is 3. The fourth-order valence-electron chi connectivity index (χ4n) is 4.32. The van der Waals surface area contributed by atoms with Gasteiger partial charge in [0.1, 0.15) is 11.3 Å². The zero-order valence-electron chi connectivity index (χ0n) is 14.7. The van der Waals surface area contributed by atoms with E-state index in [1.54, 1.807) is 7.11 Å². The van der Waals surface area contributed by atoms with E-state index in [1.165, 1.54) is 11.3 Å². The van der Waals surface area contributed by atoms with Crippen molar-refractivity contribution in [2.45, 2.75) is 38.3 Å². The maximum atomic E-state index is 13.0. The number of aromatic nitrogens is 1. The number of fused-ring (bicyclic) bond motifs is 2. The van der Waals surface area contributed by atoms with Crippen molar-refractivity contribution in [3.8, 4) is 5.75 Å². The normalized spacial score (nSPS) is 30.4. The highest BCUT2D eigenvalue weighted by atomic mass is 32.1. The molecule has 2 aromatic rings. The van der Waals surface area contributed by atoms with Crippen LogP contribution in [0.2, 0.25) is 0 Å². The van der Waals surface area contributed by atoms with Crippen LogP contribution >= 0.6 is 11.3 Å². The topological polar surface area (TPSA) is 86.5 Å². The SMILES string of the molecule is COc1ccc2nc(NC(=O)C3(N)C4CCCOC4C3(C)C)sc2c1. The second-order valence-electron chi connectivity index (χ2n) is 7.44. The third-order valence-corrected chi connectivity index (χ3v) is 6.81. The number of nitrogens with two attached hydrogens (primary N) is 1. The van der Waals surface area contributed by atoms with Crippen molar-refractivity contribution in [1.82, 2.24) is 4.98 Å². The molecule has 0 bridgehead atoms. The van der Waals surface area contributed by atoms with Gasteiger partial charge in [-0.1, -0.05) is 25.2 Å². The summed E-state index contributed by atoms with van der Waals surface area (Å²) in [4.78, 5) is 17.5. The number of nitrogens with zero attached hydrogens (tertiary/aromatic N) is 1. The van der Waals surface area contributed by atoms with E-state index >= 15 is 0 Å². The molecule has 3 atom stereocenters. The molecule has 3 unspecified atom stereocenters. The Kier molecular flexibility index (Phi) is 3.79. The summed E-state index contributed by atoms with van der Waals surface area (Å²) in [6.07, 6.45) is 1.93. The molecule has 134 valence electrons. The highest BCUT2D eigenvalue weighted by molar-refractivity contribution is 7.22. The molecule has 1 aromatic heterocycles. The standard InChI is InChI=1S/C18H23N3O3S/c1-17(2)14-11(5-4-8-24-14)18(17,19)15(22)21-16-20-12-7-6-10(23-3)9-13(12)25-16/h6-7,9,11,14H,4-5,8,19H2,1-3H3,(H,20,21,22). The maximum absolute atomic E-state index is 13.0. The fraction of sp³-hybridized carbons (Fsp3) is 0.556. The minimum Gasteiger partial charge on any atom is -0.497 e. The van der Waals surface area contributed by atoms with Gasteiger partial charge in [0.2, 0.25) is 5.91 Å². The Labute approximate surface area is 150 Å². The zero-order chi connectivity index (χ0) is 17.8. The third kappa shape index (κ3) is 2.29. The van der Waals surface area contributed by atoms with E-state index < -0.39 is 11.0 Å². The summed E-state index contributed by atoms with van der Waals surface area (Å²) in [5.41, 5.74) is 6.13. The molecule has 0 radical (unpaired) electrons. The van der Waals surface area contributed by atoms with Crippen LogP contribution in [0, 0.1) is 11.3 Å². The zero-order valence-corrected chi connectivity index (χ0v) is 15.5. The minimum atomic E-state index is -0.937. The summed E-state index contributed by atoms with van der Waals surface area (Å²) in [7, 11) is 1.63. The smallest absolute Gasteiger partial charge is 0.247 e. The van der Waals surface area contributed by atoms with Crippen molar-refractivity contribution in [1.29, 1.82) is 0 Å². The lowest BCUT2D eigenvalue weighted by Gasteiger charge is -2.64. The van der Waals surface area contributed by atoms with E-state index in [1.807, 2.05) is 32.0 Å². The first-order valence-electron chi connectivity index (χ1n) is 8.54. The van der Waals surface area contributed by atoms with Crippen LogP contribution in [0.25, 0.3) is 10.2 Å². The molecule has 1 aromatic carbocycles. The first-order valence-corrected chi connectivity index (χ1v) is 9.36. The molecule has 2 fully saturated rings. The van der Waals surface area contributed by atoms with Gasteiger partial charge in [0.25, 0.3) is 0 Å². The number of benzene rings is 1. The highest BCUT2D eigenvalue weighted by Gasteiger charge is 2.70. The van der Waals surface area contributed by atoms with E-state index in [9.17, 15) is 4.79 Å². The molecule has 1 saturated heterocycles. The monoisotopic (exact) mass is 361 g/mol. The summed E-state index contributed by atoms with van der Waals surface area (Å²) in [5.74, 6) is 0.660. The average molecular weight is 361 g/mol. The van der Waals surface area contributed by atoms with Crippen LogP contribution < -0.4 is 15.8 Å². The van der Waals surface area contributed by atoms with Crippen LogP contribution in [0.1, 0.15) is 26.7 Å². The Bertz CT molecular complexity index is 834. The molecule has 2 heterocycles. The number of carbonyl (C=O) groups excluding carboxylic acids is 1. The van der Waals surface area contributed by atoms with E-state index in [4.69, 9.17) is 15.2 Å². The fourth-order valence-corrected chi connectivity index (χ4v) is 5.21. The van der Waals surface area contributed by atoms with Gasteiger partial charge < -0.3 is 20.5 Å². The second kappa shape index (κ2) is 5.65. The Morgan fingerprint density at radius 3 is 3.04 bits per heavy atom. The number of thiazole rings is 1. The Balaban J connectivity index is 1.59. The molecule has 6 nitrogen and oxygen atoms in total. The summed E-state index contributed by atoms with van der Waals surface area (Å²) >= 11 is 1.43. The molecule has 2 aliphatic rings. The molecule has 0 spiro atoms. The molecule has 4 rings (SSSR count). The predicted molar refractivity (Wildman–Crippen MR) is 98.0 cm³/mol. The number of nitrogens with one attached hydrogen (secondary N) is 1. The summed E-state index contributed by atoms with van der Waals surface area (Å²) in [5, 5.41) is 3.51. The summed E-state index contributed by atoms with van der Waals surface area (Å²) < 4.78 is 12.1. The quantitative estimate of drug-likeness (QED) is 0.878. The van der Waals surface area contributed by atoms with Crippen LogP contribution in [0.3, 0.4) is 0 Å². The third-order valence-electron chi connectivity index (χ3n) is 5.88. The van der Waals surface area contributed by atoms with Gasteiger partial charge in [0, 0.05) is 17.9 Å². The van der Waals surface area contributed by atoms with Crippen molar-refractivity contribution in [3.05, 3.63) is 18.2 Å². The van der Waals surface area contributed by atoms with Crippen molar-refractivity contribution >= 4 is 32.6 Å². The predicted octanol–water partition coefficient (Wildman–Crippen LogP) is 2.78. The van der Waals surface area contributed by atoms with Gasteiger partial charge in [0.05, 0.1) is 23.4 Å². The van der Waals surface area contributed by atoms with Crippen molar-refractivity contribution in [2.24, 2.45) is 17.1 Å². The molecular weight excluding hydrogens is 338 g/mol. The lowest BCUT2D eigenvalue weighted by atomic mass is 9.46. The van der Waals surface area contributed by atoms with Crippen molar-refractivity contribution in [3.63, 3.8) is 0 Å². The van der Waals surface area contributed by atoms with Crippen LogP contribution in [0.5, 0.6) is 5.75 Å². The first kappa shape index (κ1) is 16.8. The van der Waals surface area contributed by atoms with Gasteiger partial charge in [0.15, 0.2) is 5.13 Å². The molecule has 25 heavy (non-hydrogen) atoms. The minimum absolute atomic E-state index is 0.0524. The number of ether oxygens (including phenoxy) is 2. The second-order valence-corrected chi connectivity index (χ2v) is 8.47. The van der Waals surface area contributed by atoms with Gasteiger partial charge in [-0.2, -0.15) is 0 Å². The molecular formula is C18H23N3O3S. The van der Waals surface area contributed by atoms with Crippen LogP contribution in [0.4, 0.5) is 5.13 Å². The first-order chi connectivity index (χ1) is 11.9. The number of hydrogen-bond donors (Lipinski definition) is 2. The molecule has 1 saturated carbocycles. The lowest BCUT2D eigenvalue weighted by Crippen LogP contribution is -2.81. The van der Waals surface area contributed by atoms with Crippen LogP contribution in [-0.2, 0) is 9.53 Å². The number of anilines is 1. The van der Waals surface area contributed by atoms with E-state index in [0.29, 0.717) is 5.13 Å². The number of hydrogen-bond acceptors (Lipinski definition) is 6. The number of amides is 1.